The molecule has 98 valence electrons. The van der Waals surface area contributed by atoms with Crippen LogP contribution in [-0.4, -0.2) is 27.4 Å². The second-order valence-electron chi connectivity index (χ2n) is 3.90. The van der Waals surface area contributed by atoms with Crippen LogP contribution in [0.5, 0.6) is 0 Å². The Morgan fingerprint density at radius 2 is 2.00 bits per heavy atom. The normalized spacial score (nSPS) is 9.95. The van der Waals surface area contributed by atoms with Gasteiger partial charge in [0.1, 0.15) is 11.5 Å². The Kier molecular flexibility index (Phi) is 4.39. The fraction of sp³-hybridized carbons (Fsp3) is 0.231. The second kappa shape index (κ2) is 6.44. The van der Waals surface area contributed by atoms with Crippen molar-refractivity contribution in [1.82, 2.24) is 15.0 Å². The van der Waals surface area contributed by atoms with Gasteiger partial charge in [-0.3, -0.25) is 9.78 Å². The number of carbonyl (C=O) groups excluding carboxylic acids is 1. The van der Waals surface area contributed by atoms with Crippen molar-refractivity contribution in [2.24, 2.45) is 0 Å². The number of hydrogen-bond acceptors (Lipinski definition) is 5. The van der Waals surface area contributed by atoms with Crippen LogP contribution in [0.2, 0.25) is 0 Å². The van der Waals surface area contributed by atoms with Crippen molar-refractivity contribution in [2.75, 3.05) is 17.2 Å². The third kappa shape index (κ3) is 3.74. The minimum Gasteiger partial charge on any atom is -0.369 e. The zero-order chi connectivity index (χ0) is 13.5. The van der Waals surface area contributed by atoms with Crippen LogP contribution >= 0.6 is 0 Å². The van der Waals surface area contributed by atoms with Gasteiger partial charge in [0.2, 0.25) is 0 Å². The van der Waals surface area contributed by atoms with Gasteiger partial charge in [-0.1, -0.05) is 6.92 Å². The maximum Gasteiger partial charge on any atom is 0.275 e. The van der Waals surface area contributed by atoms with Crippen LogP contribution in [-0.2, 0) is 0 Å². The van der Waals surface area contributed by atoms with Gasteiger partial charge in [0.25, 0.3) is 5.91 Å². The van der Waals surface area contributed by atoms with E-state index < -0.39 is 0 Å². The van der Waals surface area contributed by atoms with Crippen LogP contribution in [0, 0.1) is 0 Å². The fourth-order valence-electron chi connectivity index (χ4n) is 1.42. The van der Waals surface area contributed by atoms with E-state index in [9.17, 15) is 4.79 Å². The number of pyridine rings is 1. The molecule has 0 saturated heterocycles. The van der Waals surface area contributed by atoms with Gasteiger partial charge in [-0.2, -0.15) is 0 Å². The highest BCUT2D eigenvalue weighted by Gasteiger charge is 2.08. The van der Waals surface area contributed by atoms with Crippen LogP contribution < -0.4 is 10.6 Å². The molecule has 0 atom stereocenters. The number of anilines is 2. The smallest absolute Gasteiger partial charge is 0.275 e. The van der Waals surface area contributed by atoms with Gasteiger partial charge in [-0.25, -0.2) is 9.97 Å². The van der Waals surface area contributed by atoms with Gasteiger partial charge in [0.15, 0.2) is 0 Å². The standard InChI is InChI=1S/C13H15N5O/c1-2-5-15-12-9-16-11(8-17-12)13(19)18-10-3-6-14-7-4-10/h3-4,6-9H,2,5H2,1H3,(H,15,17)(H,14,18,19). The maximum atomic E-state index is 11.9. The first-order valence-corrected chi connectivity index (χ1v) is 6.07. The molecular weight excluding hydrogens is 242 g/mol. The van der Waals surface area contributed by atoms with Crippen molar-refractivity contribution in [3.8, 4) is 0 Å². The zero-order valence-corrected chi connectivity index (χ0v) is 10.6. The Bertz CT molecular complexity index is 526. The molecule has 0 aromatic carbocycles. The zero-order valence-electron chi connectivity index (χ0n) is 10.6. The molecule has 2 heterocycles. The molecule has 0 bridgehead atoms. The van der Waals surface area contributed by atoms with E-state index in [1.165, 1.54) is 6.20 Å². The van der Waals surface area contributed by atoms with Gasteiger partial charge < -0.3 is 10.6 Å². The number of aromatic nitrogens is 3. The molecular formula is C13H15N5O. The predicted octanol–water partition coefficient (Wildman–Crippen LogP) is 1.95. The Morgan fingerprint density at radius 3 is 2.63 bits per heavy atom. The lowest BCUT2D eigenvalue weighted by molar-refractivity contribution is 0.102. The van der Waals surface area contributed by atoms with Crippen molar-refractivity contribution in [2.45, 2.75) is 13.3 Å². The molecule has 1 amide bonds. The quantitative estimate of drug-likeness (QED) is 0.855. The van der Waals surface area contributed by atoms with E-state index >= 15 is 0 Å². The molecule has 19 heavy (non-hydrogen) atoms. The van der Waals surface area contributed by atoms with Crippen LogP contribution in [0.15, 0.2) is 36.9 Å². The van der Waals surface area contributed by atoms with Crippen LogP contribution in [0.25, 0.3) is 0 Å². The minimum atomic E-state index is -0.291. The maximum absolute atomic E-state index is 11.9. The van der Waals surface area contributed by atoms with Gasteiger partial charge in [0, 0.05) is 24.6 Å². The molecule has 2 N–H and O–H groups in total. The van der Waals surface area contributed by atoms with E-state index in [1.807, 2.05) is 0 Å². The van der Waals surface area contributed by atoms with Gasteiger partial charge >= 0.3 is 0 Å². The lowest BCUT2D eigenvalue weighted by Gasteiger charge is -2.05. The average Bonchev–Trinajstić information content (AvgIpc) is 2.46. The summed E-state index contributed by atoms with van der Waals surface area (Å²) in [6.45, 7) is 2.90. The lowest BCUT2D eigenvalue weighted by Crippen LogP contribution is -2.14. The number of nitrogens with one attached hydrogen (secondary N) is 2. The highest BCUT2D eigenvalue weighted by Crippen LogP contribution is 2.07. The summed E-state index contributed by atoms with van der Waals surface area (Å²) in [6.07, 6.45) is 7.23. The molecule has 0 aliphatic rings. The fourth-order valence-corrected chi connectivity index (χ4v) is 1.42. The Labute approximate surface area is 111 Å². The topological polar surface area (TPSA) is 79.8 Å². The molecule has 0 unspecified atom stereocenters. The average molecular weight is 257 g/mol. The second-order valence-corrected chi connectivity index (χ2v) is 3.90. The van der Waals surface area contributed by atoms with Crippen molar-refractivity contribution in [3.63, 3.8) is 0 Å². The summed E-state index contributed by atoms with van der Waals surface area (Å²) in [5, 5.41) is 5.82. The van der Waals surface area contributed by atoms with Crippen LogP contribution in [0.4, 0.5) is 11.5 Å². The molecule has 0 saturated carbocycles. The van der Waals surface area contributed by atoms with E-state index in [2.05, 4.69) is 32.5 Å². The third-order valence-electron chi connectivity index (χ3n) is 2.38. The highest BCUT2D eigenvalue weighted by molar-refractivity contribution is 6.02. The number of carbonyl (C=O) groups is 1. The molecule has 0 radical (unpaired) electrons. The summed E-state index contributed by atoms with van der Waals surface area (Å²) in [4.78, 5) is 24.0. The molecule has 0 aliphatic carbocycles. The first-order valence-electron chi connectivity index (χ1n) is 6.07. The van der Waals surface area contributed by atoms with E-state index in [0.717, 1.165) is 13.0 Å². The summed E-state index contributed by atoms with van der Waals surface area (Å²) in [5.74, 6) is 0.378. The van der Waals surface area contributed by atoms with Gasteiger partial charge in [0.05, 0.1) is 12.4 Å². The molecule has 2 aromatic rings. The van der Waals surface area contributed by atoms with Gasteiger partial charge in [-0.05, 0) is 18.6 Å². The Morgan fingerprint density at radius 1 is 1.21 bits per heavy atom. The SMILES string of the molecule is CCCNc1cnc(C(=O)Nc2ccncc2)cn1. The summed E-state index contributed by atoms with van der Waals surface area (Å²) >= 11 is 0. The monoisotopic (exact) mass is 257 g/mol. The van der Waals surface area contributed by atoms with Crippen molar-refractivity contribution in [1.29, 1.82) is 0 Å². The number of nitrogens with zero attached hydrogens (tertiary/aromatic N) is 3. The molecule has 6 heteroatoms. The van der Waals surface area contributed by atoms with Crippen molar-refractivity contribution < 1.29 is 4.79 Å². The summed E-state index contributed by atoms with van der Waals surface area (Å²) < 4.78 is 0. The molecule has 0 fully saturated rings. The van der Waals surface area contributed by atoms with E-state index in [1.54, 1.807) is 30.7 Å². The number of amides is 1. The summed E-state index contributed by atoms with van der Waals surface area (Å²) in [7, 11) is 0. The molecule has 0 aliphatic heterocycles. The van der Waals surface area contributed by atoms with Crippen molar-refractivity contribution in [3.05, 3.63) is 42.6 Å². The largest absolute Gasteiger partial charge is 0.369 e. The Hall–Kier alpha value is -2.50. The van der Waals surface area contributed by atoms with Crippen molar-refractivity contribution >= 4 is 17.4 Å². The number of hydrogen-bond donors (Lipinski definition) is 2. The van der Waals surface area contributed by atoms with E-state index in [0.29, 0.717) is 11.5 Å². The minimum absolute atomic E-state index is 0.277. The van der Waals surface area contributed by atoms with E-state index in [-0.39, 0.29) is 11.6 Å². The first kappa shape index (κ1) is 12.9. The predicted molar refractivity (Wildman–Crippen MR) is 73.0 cm³/mol. The summed E-state index contributed by atoms with van der Waals surface area (Å²) in [6, 6.07) is 3.42. The van der Waals surface area contributed by atoms with Crippen LogP contribution in [0.1, 0.15) is 23.8 Å². The highest BCUT2D eigenvalue weighted by atomic mass is 16.1. The molecule has 2 rings (SSSR count). The van der Waals surface area contributed by atoms with E-state index in [4.69, 9.17) is 0 Å². The lowest BCUT2D eigenvalue weighted by atomic mass is 10.3. The third-order valence-corrected chi connectivity index (χ3v) is 2.38. The Balaban J connectivity index is 1.99. The summed E-state index contributed by atoms with van der Waals surface area (Å²) in [5.41, 5.74) is 0.953. The molecule has 0 spiro atoms. The molecule has 6 nitrogen and oxygen atoms in total. The van der Waals surface area contributed by atoms with Gasteiger partial charge in [-0.15, -0.1) is 0 Å². The van der Waals surface area contributed by atoms with Crippen LogP contribution in [0.3, 0.4) is 0 Å². The number of rotatable bonds is 5. The molecule has 2 aromatic heterocycles. The first-order chi connectivity index (χ1) is 9.29.